The summed E-state index contributed by atoms with van der Waals surface area (Å²) < 4.78 is 0. The van der Waals surface area contributed by atoms with E-state index in [0.29, 0.717) is 18.9 Å². The Morgan fingerprint density at radius 3 is 3.22 bits per heavy atom. The van der Waals surface area contributed by atoms with Crippen molar-refractivity contribution in [1.29, 1.82) is 0 Å². The van der Waals surface area contributed by atoms with Gasteiger partial charge in [-0.25, -0.2) is 4.98 Å². The molecule has 92 valence electrons. The second-order valence-corrected chi connectivity index (χ2v) is 4.15. The molecule has 0 fully saturated rings. The lowest BCUT2D eigenvalue weighted by atomic mass is 10.1. The first-order chi connectivity index (χ1) is 8.75. The van der Waals surface area contributed by atoms with Crippen LogP contribution in [0.25, 0.3) is 0 Å². The van der Waals surface area contributed by atoms with Gasteiger partial charge in [-0.1, -0.05) is 0 Å². The average Bonchev–Trinajstić information content (AvgIpc) is 2.85. The van der Waals surface area contributed by atoms with Gasteiger partial charge in [0.2, 0.25) is 5.82 Å². The van der Waals surface area contributed by atoms with Crippen molar-refractivity contribution < 1.29 is 4.92 Å². The summed E-state index contributed by atoms with van der Waals surface area (Å²) >= 11 is 0. The van der Waals surface area contributed by atoms with Crippen LogP contribution in [0.5, 0.6) is 0 Å². The second kappa shape index (κ2) is 4.10. The Balaban J connectivity index is 1.95. The van der Waals surface area contributed by atoms with Gasteiger partial charge in [-0.2, -0.15) is 5.10 Å². The average molecular weight is 245 g/mol. The number of hydrogen-bond acceptors (Lipinski definition) is 5. The van der Waals surface area contributed by atoms with Crippen LogP contribution in [0.3, 0.4) is 0 Å². The molecule has 0 aromatic carbocycles. The predicted molar refractivity (Wildman–Crippen MR) is 64.2 cm³/mol. The molecule has 0 aliphatic carbocycles. The molecule has 0 saturated heterocycles. The Kier molecular flexibility index (Phi) is 2.44. The first-order valence-corrected chi connectivity index (χ1v) is 5.61. The number of hydrogen-bond donors (Lipinski definition) is 1. The van der Waals surface area contributed by atoms with Crippen LogP contribution in [0.15, 0.2) is 24.5 Å². The molecule has 1 N–H and O–H groups in total. The first kappa shape index (κ1) is 10.7. The molecule has 7 nitrogen and oxygen atoms in total. The molecule has 0 radical (unpaired) electrons. The zero-order valence-corrected chi connectivity index (χ0v) is 9.54. The van der Waals surface area contributed by atoms with Crippen LogP contribution in [0.4, 0.5) is 11.5 Å². The van der Waals surface area contributed by atoms with Crippen molar-refractivity contribution in [3.63, 3.8) is 0 Å². The number of nitro groups is 1. The number of nitrogens with one attached hydrogen (secondary N) is 1. The topological polar surface area (TPSA) is 88.0 Å². The van der Waals surface area contributed by atoms with E-state index >= 15 is 0 Å². The van der Waals surface area contributed by atoms with E-state index in [2.05, 4.69) is 15.2 Å². The van der Waals surface area contributed by atoms with Gasteiger partial charge >= 0.3 is 5.69 Å². The van der Waals surface area contributed by atoms with E-state index in [-0.39, 0.29) is 5.69 Å². The number of rotatable bonds is 2. The fourth-order valence-corrected chi connectivity index (χ4v) is 2.18. The van der Waals surface area contributed by atoms with E-state index in [1.807, 2.05) is 4.90 Å². The molecule has 0 unspecified atom stereocenters. The zero-order chi connectivity index (χ0) is 12.5. The van der Waals surface area contributed by atoms with E-state index in [1.165, 1.54) is 6.07 Å². The van der Waals surface area contributed by atoms with Crippen molar-refractivity contribution in [1.82, 2.24) is 15.2 Å². The van der Waals surface area contributed by atoms with Crippen LogP contribution in [0.2, 0.25) is 0 Å². The van der Waals surface area contributed by atoms with Crippen molar-refractivity contribution in [3.8, 4) is 0 Å². The van der Waals surface area contributed by atoms with Crippen LogP contribution < -0.4 is 4.90 Å². The van der Waals surface area contributed by atoms with Crippen molar-refractivity contribution >= 4 is 11.5 Å². The van der Waals surface area contributed by atoms with Gasteiger partial charge in [-0.15, -0.1) is 0 Å². The third-order valence-electron chi connectivity index (χ3n) is 3.06. The van der Waals surface area contributed by atoms with Gasteiger partial charge in [0.05, 0.1) is 11.1 Å². The van der Waals surface area contributed by atoms with Gasteiger partial charge in [0.25, 0.3) is 0 Å². The Morgan fingerprint density at radius 2 is 2.39 bits per heavy atom. The molecule has 7 heteroatoms. The number of H-pyrrole nitrogens is 1. The number of anilines is 1. The number of pyridine rings is 1. The molecule has 0 bridgehead atoms. The SMILES string of the molecule is O=[N+]([O-])c1cccnc1N1CCc2[nH]ncc2C1. The maximum atomic E-state index is 11.0. The maximum absolute atomic E-state index is 11.0. The van der Waals surface area contributed by atoms with Crippen LogP contribution in [0.1, 0.15) is 11.3 Å². The Morgan fingerprint density at radius 1 is 1.50 bits per heavy atom. The maximum Gasteiger partial charge on any atom is 0.311 e. The highest BCUT2D eigenvalue weighted by Gasteiger charge is 2.25. The quantitative estimate of drug-likeness (QED) is 0.636. The summed E-state index contributed by atoms with van der Waals surface area (Å²) in [5.41, 5.74) is 2.22. The molecule has 1 aliphatic rings. The van der Waals surface area contributed by atoms with Crippen molar-refractivity contribution in [2.45, 2.75) is 13.0 Å². The van der Waals surface area contributed by atoms with Gasteiger partial charge in [0.15, 0.2) is 0 Å². The summed E-state index contributed by atoms with van der Waals surface area (Å²) in [6.45, 7) is 1.30. The van der Waals surface area contributed by atoms with Crippen LogP contribution in [-0.2, 0) is 13.0 Å². The van der Waals surface area contributed by atoms with Gasteiger partial charge < -0.3 is 4.90 Å². The van der Waals surface area contributed by atoms with Crippen LogP contribution in [-0.4, -0.2) is 26.6 Å². The molecular weight excluding hydrogens is 234 g/mol. The molecule has 0 atom stereocenters. The number of aromatic amines is 1. The number of nitrogens with zero attached hydrogens (tertiary/aromatic N) is 4. The van der Waals surface area contributed by atoms with E-state index in [9.17, 15) is 10.1 Å². The highest BCUT2D eigenvalue weighted by Crippen LogP contribution is 2.28. The fourth-order valence-electron chi connectivity index (χ4n) is 2.18. The zero-order valence-electron chi connectivity index (χ0n) is 9.54. The fraction of sp³-hybridized carbons (Fsp3) is 0.273. The molecule has 0 saturated carbocycles. The van der Waals surface area contributed by atoms with E-state index in [1.54, 1.807) is 18.5 Å². The lowest BCUT2D eigenvalue weighted by Crippen LogP contribution is -2.31. The Bertz CT molecular complexity index is 595. The molecule has 2 aromatic rings. The summed E-state index contributed by atoms with van der Waals surface area (Å²) in [7, 11) is 0. The predicted octanol–water partition coefficient (Wildman–Crippen LogP) is 1.28. The number of fused-ring (bicyclic) bond motifs is 1. The molecule has 3 rings (SSSR count). The molecule has 0 spiro atoms. The molecule has 1 aliphatic heterocycles. The molecule has 0 amide bonds. The monoisotopic (exact) mass is 245 g/mol. The molecular formula is C11H11N5O2. The molecule has 2 aromatic heterocycles. The standard InChI is InChI=1S/C11H11N5O2/c17-16(18)10-2-1-4-12-11(10)15-5-3-9-8(7-15)6-13-14-9/h1-2,4,6H,3,5,7H2,(H,13,14). The third-order valence-corrected chi connectivity index (χ3v) is 3.06. The van der Waals surface area contributed by atoms with E-state index < -0.39 is 4.92 Å². The van der Waals surface area contributed by atoms with Gasteiger partial charge in [0.1, 0.15) is 0 Å². The minimum absolute atomic E-state index is 0.0458. The van der Waals surface area contributed by atoms with E-state index in [0.717, 1.165) is 17.7 Å². The Hall–Kier alpha value is -2.44. The smallest absolute Gasteiger partial charge is 0.311 e. The van der Waals surface area contributed by atoms with Crippen LogP contribution >= 0.6 is 0 Å². The van der Waals surface area contributed by atoms with Gasteiger partial charge in [-0.05, 0) is 6.07 Å². The highest BCUT2D eigenvalue weighted by molar-refractivity contribution is 5.58. The largest absolute Gasteiger partial charge is 0.346 e. The third kappa shape index (κ3) is 1.69. The van der Waals surface area contributed by atoms with Crippen molar-refractivity contribution in [3.05, 3.63) is 45.9 Å². The molecule has 18 heavy (non-hydrogen) atoms. The van der Waals surface area contributed by atoms with Crippen molar-refractivity contribution in [2.24, 2.45) is 0 Å². The summed E-state index contributed by atoms with van der Waals surface area (Å²) in [5, 5.41) is 17.9. The van der Waals surface area contributed by atoms with Crippen LogP contribution in [0, 0.1) is 10.1 Å². The lowest BCUT2D eigenvalue weighted by Gasteiger charge is -2.26. The summed E-state index contributed by atoms with van der Waals surface area (Å²) in [4.78, 5) is 16.6. The lowest BCUT2D eigenvalue weighted by molar-refractivity contribution is -0.384. The summed E-state index contributed by atoms with van der Waals surface area (Å²) in [6, 6.07) is 3.06. The van der Waals surface area contributed by atoms with Crippen molar-refractivity contribution in [2.75, 3.05) is 11.4 Å². The normalized spacial score (nSPS) is 14.3. The molecule has 3 heterocycles. The van der Waals surface area contributed by atoms with E-state index in [4.69, 9.17) is 0 Å². The van der Waals surface area contributed by atoms with Gasteiger partial charge in [-0.3, -0.25) is 15.2 Å². The minimum atomic E-state index is -0.396. The Labute approximate surface area is 103 Å². The summed E-state index contributed by atoms with van der Waals surface area (Å²) in [6.07, 6.45) is 4.13. The van der Waals surface area contributed by atoms with Gasteiger partial charge in [0, 0.05) is 43.0 Å². The minimum Gasteiger partial charge on any atom is -0.346 e. The first-order valence-electron chi connectivity index (χ1n) is 5.61. The summed E-state index contributed by atoms with van der Waals surface area (Å²) in [5.74, 6) is 0.425. The highest BCUT2D eigenvalue weighted by atomic mass is 16.6. The second-order valence-electron chi connectivity index (χ2n) is 4.15. The number of aromatic nitrogens is 3.